The van der Waals surface area contributed by atoms with Gasteiger partial charge in [-0.05, 0) is 56.6 Å². The number of benzene rings is 2. The zero-order valence-corrected chi connectivity index (χ0v) is 17.4. The summed E-state index contributed by atoms with van der Waals surface area (Å²) in [5, 5.41) is 4.81. The maximum atomic E-state index is 12.6. The van der Waals surface area contributed by atoms with Crippen molar-refractivity contribution >= 4 is 17.5 Å². The molecular formula is C22H26F3N3O2. The zero-order chi connectivity index (χ0) is 22.5. The molecule has 0 heterocycles. The van der Waals surface area contributed by atoms with Crippen LogP contribution in [0.2, 0.25) is 0 Å². The normalized spacial score (nSPS) is 12.5. The Morgan fingerprint density at radius 1 is 1.03 bits per heavy atom. The largest absolute Gasteiger partial charge is 0.405 e. The number of para-hydroxylation sites is 1. The number of aryl methyl sites for hydroxylation is 2. The minimum absolute atomic E-state index is 0.141. The lowest BCUT2D eigenvalue weighted by Gasteiger charge is -2.25. The van der Waals surface area contributed by atoms with Gasteiger partial charge in [0.2, 0.25) is 5.91 Å². The van der Waals surface area contributed by atoms with Crippen molar-refractivity contribution in [2.75, 3.05) is 18.9 Å². The summed E-state index contributed by atoms with van der Waals surface area (Å²) in [6.45, 7) is 4.73. The van der Waals surface area contributed by atoms with Crippen molar-refractivity contribution in [3.05, 3.63) is 64.7 Å². The molecule has 1 unspecified atom stereocenters. The third kappa shape index (κ3) is 6.59. The fourth-order valence-corrected chi connectivity index (χ4v) is 2.91. The number of hydrogen-bond donors (Lipinski definition) is 2. The van der Waals surface area contributed by atoms with Crippen LogP contribution in [0.15, 0.2) is 42.5 Å². The number of nitrogens with one attached hydrogen (secondary N) is 2. The van der Waals surface area contributed by atoms with Crippen LogP contribution in [0.4, 0.5) is 18.9 Å². The molecule has 0 fully saturated rings. The Labute approximate surface area is 174 Å². The van der Waals surface area contributed by atoms with E-state index in [9.17, 15) is 22.8 Å². The van der Waals surface area contributed by atoms with Crippen LogP contribution in [-0.4, -0.2) is 42.5 Å². The van der Waals surface area contributed by atoms with Crippen LogP contribution in [-0.2, 0) is 11.3 Å². The topological polar surface area (TPSA) is 61.4 Å². The molecule has 0 spiro atoms. The first kappa shape index (κ1) is 23.4. The van der Waals surface area contributed by atoms with Gasteiger partial charge in [0.05, 0.1) is 6.04 Å². The molecule has 2 aromatic rings. The number of rotatable bonds is 7. The van der Waals surface area contributed by atoms with Crippen molar-refractivity contribution < 1.29 is 22.8 Å². The highest BCUT2D eigenvalue weighted by atomic mass is 19.4. The van der Waals surface area contributed by atoms with E-state index in [0.29, 0.717) is 6.54 Å². The zero-order valence-electron chi connectivity index (χ0n) is 17.4. The number of carbonyl (C=O) groups is 2. The SMILES string of the molecule is Cc1cccc(C)c1NC(=O)C(C)N(C)Cc1ccc(C(=O)NCC(F)(F)F)cc1. The summed E-state index contributed by atoms with van der Waals surface area (Å²) in [6.07, 6.45) is -4.45. The summed E-state index contributed by atoms with van der Waals surface area (Å²) in [5.41, 5.74) is 3.75. The van der Waals surface area contributed by atoms with E-state index in [0.717, 1.165) is 22.4 Å². The maximum absolute atomic E-state index is 12.6. The molecule has 0 bridgehead atoms. The van der Waals surface area contributed by atoms with Crippen LogP contribution >= 0.6 is 0 Å². The molecule has 1 atom stereocenters. The fraction of sp³-hybridized carbons (Fsp3) is 0.364. The van der Waals surface area contributed by atoms with Gasteiger partial charge in [0.1, 0.15) is 6.54 Å². The number of hydrogen-bond acceptors (Lipinski definition) is 3. The molecule has 162 valence electrons. The first-order chi connectivity index (χ1) is 14.0. The van der Waals surface area contributed by atoms with Gasteiger partial charge in [0, 0.05) is 17.8 Å². The smallest absolute Gasteiger partial charge is 0.343 e. The molecule has 5 nitrogen and oxygen atoms in total. The molecule has 2 N–H and O–H groups in total. The van der Waals surface area contributed by atoms with Crippen LogP contribution in [0.25, 0.3) is 0 Å². The summed E-state index contributed by atoms with van der Waals surface area (Å²) in [5.74, 6) is -0.924. The predicted molar refractivity (Wildman–Crippen MR) is 110 cm³/mol. The molecule has 0 radical (unpaired) electrons. The van der Waals surface area contributed by atoms with Crippen molar-refractivity contribution in [2.24, 2.45) is 0 Å². The van der Waals surface area contributed by atoms with Gasteiger partial charge in [0.15, 0.2) is 0 Å². The summed E-state index contributed by atoms with van der Waals surface area (Å²) >= 11 is 0. The molecule has 0 saturated carbocycles. The van der Waals surface area contributed by atoms with E-state index >= 15 is 0 Å². The van der Waals surface area contributed by atoms with Crippen LogP contribution in [0.5, 0.6) is 0 Å². The van der Waals surface area contributed by atoms with Gasteiger partial charge >= 0.3 is 6.18 Å². The molecule has 8 heteroatoms. The second-order valence-electron chi connectivity index (χ2n) is 7.34. The van der Waals surface area contributed by atoms with Crippen LogP contribution in [0.1, 0.15) is 34.0 Å². The molecule has 0 aliphatic carbocycles. The molecule has 0 saturated heterocycles. The summed E-state index contributed by atoms with van der Waals surface area (Å²) < 4.78 is 36.6. The predicted octanol–water partition coefficient (Wildman–Crippen LogP) is 4.05. The number of anilines is 1. The minimum atomic E-state index is -4.45. The van der Waals surface area contributed by atoms with Crippen LogP contribution in [0.3, 0.4) is 0 Å². The summed E-state index contributed by atoms with van der Waals surface area (Å²) in [7, 11) is 1.80. The fourth-order valence-electron chi connectivity index (χ4n) is 2.91. The average molecular weight is 421 g/mol. The first-order valence-electron chi connectivity index (χ1n) is 9.49. The van der Waals surface area contributed by atoms with Gasteiger partial charge in [0.25, 0.3) is 5.91 Å². The number of likely N-dealkylation sites (N-methyl/N-ethyl adjacent to an activating group) is 1. The highest BCUT2D eigenvalue weighted by Crippen LogP contribution is 2.20. The minimum Gasteiger partial charge on any atom is -0.343 e. The Hall–Kier alpha value is -2.87. The van der Waals surface area contributed by atoms with Crippen molar-refractivity contribution in [3.8, 4) is 0 Å². The molecule has 2 rings (SSSR count). The van der Waals surface area contributed by atoms with Gasteiger partial charge in [-0.1, -0.05) is 30.3 Å². The third-order valence-corrected chi connectivity index (χ3v) is 4.87. The van der Waals surface area contributed by atoms with Crippen molar-refractivity contribution in [1.82, 2.24) is 10.2 Å². The lowest BCUT2D eigenvalue weighted by atomic mass is 10.1. The Balaban J connectivity index is 1.95. The number of amides is 2. The van der Waals surface area contributed by atoms with E-state index in [-0.39, 0.29) is 11.5 Å². The number of halogens is 3. The third-order valence-electron chi connectivity index (χ3n) is 4.87. The molecule has 0 aromatic heterocycles. The Morgan fingerprint density at radius 2 is 1.60 bits per heavy atom. The van der Waals surface area contributed by atoms with Crippen LogP contribution in [0, 0.1) is 13.8 Å². The van der Waals surface area contributed by atoms with E-state index < -0.39 is 24.7 Å². The van der Waals surface area contributed by atoms with Crippen LogP contribution < -0.4 is 10.6 Å². The Bertz CT molecular complexity index is 875. The van der Waals surface area contributed by atoms with Crippen molar-refractivity contribution in [2.45, 2.75) is 39.5 Å². The highest BCUT2D eigenvalue weighted by Gasteiger charge is 2.28. The quantitative estimate of drug-likeness (QED) is 0.709. The van der Waals surface area contributed by atoms with E-state index in [1.165, 1.54) is 12.1 Å². The summed E-state index contributed by atoms with van der Waals surface area (Å²) in [4.78, 5) is 26.3. The lowest BCUT2D eigenvalue weighted by molar-refractivity contribution is -0.123. The first-order valence-corrected chi connectivity index (χ1v) is 9.49. The molecule has 0 aliphatic rings. The standard InChI is InChI=1S/C22H26F3N3O2/c1-14-6-5-7-15(2)19(14)27-20(29)16(3)28(4)12-17-8-10-18(11-9-17)21(30)26-13-22(23,24)25/h5-11,16H,12-13H2,1-4H3,(H,26,30)(H,27,29). The highest BCUT2D eigenvalue weighted by molar-refractivity contribution is 5.96. The summed E-state index contributed by atoms with van der Waals surface area (Å²) in [6, 6.07) is 11.6. The van der Waals surface area contributed by atoms with Gasteiger partial charge in [-0.15, -0.1) is 0 Å². The average Bonchev–Trinajstić information content (AvgIpc) is 2.68. The molecule has 0 aliphatic heterocycles. The Morgan fingerprint density at radius 3 is 2.13 bits per heavy atom. The van der Waals surface area contributed by atoms with Crippen molar-refractivity contribution in [3.63, 3.8) is 0 Å². The molecule has 30 heavy (non-hydrogen) atoms. The second-order valence-corrected chi connectivity index (χ2v) is 7.34. The van der Waals surface area contributed by atoms with E-state index in [2.05, 4.69) is 5.32 Å². The number of alkyl halides is 3. The van der Waals surface area contributed by atoms with Gasteiger partial charge in [-0.2, -0.15) is 13.2 Å². The van der Waals surface area contributed by atoms with Gasteiger partial charge in [-0.25, -0.2) is 0 Å². The molecule has 2 aromatic carbocycles. The lowest BCUT2D eigenvalue weighted by Crippen LogP contribution is -2.39. The number of nitrogens with zero attached hydrogens (tertiary/aromatic N) is 1. The monoisotopic (exact) mass is 421 g/mol. The van der Waals surface area contributed by atoms with E-state index in [1.54, 1.807) is 26.1 Å². The second kappa shape index (κ2) is 9.75. The van der Waals surface area contributed by atoms with E-state index in [1.807, 2.05) is 42.3 Å². The molecular weight excluding hydrogens is 395 g/mol. The molecule has 2 amide bonds. The maximum Gasteiger partial charge on any atom is 0.405 e. The van der Waals surface area contributed by atoms with Gasteiger partial charge < -0.3 is 10.6 Å². The van der Waals surface area contributed by atoms with Crippen molar-refractivity contribution in [1.29, 1.82) is 0 Å². The Kier molecular flexibility index (Phi) is 7.61. The van der Waals surface area contributed by atoms with E-state index in [4.69, 9.17) is 0 Å². The number of carbonyl (C=O) groups excluding carboxylic acids is 2. The van der Waals surface area contributed by atoms with Gasteiger partial charge in [-0.3, -0.25) is 14.5 Å².